The van der Waals surface area contributed by atoms with E-state index in [4.69, 9.17) is 11.6 Å². The molecule has 0 radical (unpaired) electrons. The summed E-state index contributed by atoms with van der Waals surface area (Å²) >= 11 is 6.44. The van der Waals surface area contributed by atoms with Crippen LogP contribution >= 0.6 is 11.6 Å². The lowest BCUT2D eigenvalue weighted by Gasteiger charge is -2.35. The third-order valence-electron chi connectivity index (χ3n) is 8.66. The van der Waals surface area contributed by atoms with Crippen molar-refractivity contribution in [1.82, 2.24) is 14.5 Å². The van der Waals surface area contributed by atoms with E-state index >= 15 is 0 Å². The lowest BCUT2D eigenvalue weighted by molar-refractivity contribution is 0.164. The summed E-state index contributed by atoms with van der Waals surface area (Å²) < 4.78 is 2.18. The van der Waals surface area contributed by atoms with Crippen LogP contribution in [-0.2, 0) is 5.41 Å². The van der Waals surface area contributed by atoms with Gasteiger partial charge < -0.3 is 4.90 Å². The third-order valence-corrected chi connectivity index (χ3v) is 8.98. The van der Waals surface area contributed by atoms with E-state index in [9.17, 15) is 4.79 Å². The van der Waals surface area contributed by atoms with Crippen LogP contribution in [0, 0.1) is 5.92 Å². The van der Waals surface area contributed by atoms with E-state index in [1.807, 2.05) is 12.1 Å². The predicted octanol–water partition coefficient (Wildman–Crippen LogP) is 6.44. The Morgan fingerprint density at radius 1 is 1.03 bits per heavy atom. The summed E-state index contributed by atoms with van der Waals surface area (Å²) in [6, 6.07) is 12.7. The second-order valence-electron chi connectivity index (χ2n) is 11.2. The minimum Gasteiger partial charge on any atom is -0.303 e. The molecular formula is C29H34ClN3O. The van der Waals surface area contributed by atoms with Crippen molar-refractivity contribution in [2.75, 3.05) is 19.6 Å². The first kappa shape index (κ1) is 22.3. The van der Waals surface area contributed by atoms with Crippen molar-refractivity contribution in [1.29, 1.82) is 0 Å². The van der Waals surface area contributed by atoms with Gasteiger partial charge in [0.15, 0.2) is 0 Å². The molecule has 0 bridgehead atoms. The van der Waals surface area contributed by atoms with Crippen molar-refractivity contribution in [3.05, 3.63) is 68.7 Å². The molecule has 2 aliphatic heterocycles. The maximum absolute atomic E-state index is 12.9. The van der Waals surface area contributed by atoms with Crippen LogP contribution in [0.2, 0.25) is 5.02 Å². The summed E-state index contributed by atoms with van der Waals surface area (Å²) in [5.74, 6) is 2.31. The molecule has 0 spiro atoms. The van der Waals surface area contributed by atoms with Gasteiger partial charge in [0.05, 0.1) is 27.0 Å². The zero-order valence-electron chi connectivity index (χ0n) is 20.3. The van der Waals surface area contributed by atoms with Crippen LogP contribution in [0.3, 0.4) is 0 Å². The van der Waals surface area contributed by atoms with E-state index in [0.717, 1.165) is 22.9 Å². The number of halogens is 1. The molecule has 0 unspecified atom stereocenters. The molecule has 6 rings (SSSR count). The molecular weight excluding hydrogens is 442 g/mol. The highest BCUT2D eigenvalue weighted by atomic mass is 35.5. The smallest absolute Gasteiger partial charge is 0.282 e. The predicted molar refractivity (Wildman–Crippen MR) is 139 cm³/mol. The fraction of sp³-hybridized carbons (Fsp3) is 0.517. The average Bonchev–Trinajstić information content (AvgIpc) is 3.06. The van der Waals surface area contributed by atoms with Gasteiger partial charge in [-0.05, 0) is 93.8 Å². The second-order valence-corrected chi connectivity index (χ2v) is 11.6. The summed E-state index contributed by atoms with van der Waals surface area (Å²) in [6.45, 7) is 8.03. The molecule has 1 aromatic heterocycles. The van der Waals surface area contributed by atoms with Crippen LogP contribution in [-0.4, -0.2) is 34.1 Å². The normalized spacial score (nSPS) is 21.0. The molecule has 3 aromatic rings. The summed E-state index contributed by atoms with van der Waals surface area (Å²) in [5, 5.41) is 0.982. The fourth-order valence-corrected chi connectivity index (χ4v) is 6.96. The molecule has 0 N–H and O–H groups in total. The Kier molecular flexibility index (Phi) is 5.57. The van der Waals surface area contributed by atoms with Crippen LogP contribution in [0.4, 0.5) is 0 Å². The molecule has 3 aliphatic rings. The standard InChI is InChI=1S/C29H34ClN3O/c1-29(2)22-12-11-21(20-13-15-32(16-14-20)18-19-7-4-3-5-8-19)17-25(22)33-24-10-6-9-23(30)26(24)27(34)31-28(29)33/h6,9-12,17,19-20H,3-5,7-8,13-16,18H2,1-2H3. The second kappa shape index (κ2) is 8.49. The van der Waals surface area contributed by atoms with Gasteiger partial charge in [0.1, 0.15) is 5.82 Å². The number of rotatable bonds is 3. The first-order chi connectivity index (χ1) is 16.4. The molecule has 34 heavy (non-hydrogen) atoms. The Balaban J connectivity index is 1.32. The molecule has 0 atom stereocenters. The molecule has 2 fully saturated rings. The number of hydrogen-bond acceptors (Lipinski definition) is 3. The third kappa shape index (κ3) is 3.61. The highest BCUT2D eigenvalue weighted by Crippen LogP contribution is 2.44. The molecule has 5 heteroatoms. The number of fused-ring (bicyclic) bond motifs is 5. The number of likely N-dealkylation sites (tertiary alicyclic amines) is 1. The number of aromatic nitrogens is 2. The Morgan fingerprint density at radius 2 is 1.79 bits per heavy atom. The van der Waals surface area contributed by atoms with Crippen molar-refractivity contribution in [3.8, 4) is 5.69 Å². The molecule has 1 aliphatic carbocycles. The molecule has 2 aromatic carbocycles. The SMILES string of the molecule is CC1(C)c2ccc(C3CCN(CC4CCCCC4)CC3)cc2-n2c1nc(=O)c1c(Cl)cccc12. The van der Waals surface area contributed by atoms with Crippen LogP contribution in [0.5, 0.6) is 0 Å². The number of benzene rings is 2. The Labute approximate surface area is 207 Å². The Morgan fingerprint density at radius 3 is 2.56 bits per heavy atom. The van der Waals surface area contributed by atoms with Gasteiger partial charge in [-0.25, -0.2) is 0 Å². The van der Waals surface area contributed by atoms with Gasteiger partial charge in [-0.3, -0.25) is 9.36 Å². The maximum atomic E-state index is 12.9. The van der Waals surface area contributed by atoms with E-state index in [0.29, 0.717) is 16.3 Å². The monoisotopic (exact) mass is 475 g/mol. The lowest BCUT2D eigenvalue weighted by Crippen LogP contribution is -2.37. The van der Waals surface area contributed by atoms with Crippen molar-refractivity contribution in [2.24, 2.45) is 5.92 Å². The van der Waals surface area contributed by atoms with Crippen LogP contribution in [0.15, 0.2) is 41.2 Å². The van der Waals surface area contributed by atoms with E-state index in [-0.39, 0.29) is 11.0 Å². The van der Waals surface area contributed by atoms with Gasteiger partial charge in [0, 0.05) is 6.54 Å². The fourth-order valence-electron chi connectivity index (χ4n) is 6.71. The van der Waals surface area contributed by atoms with Gasteiger partial charge in [-0.2, -0.15) is 4.98 Å². The van der Waals surface area contributed by atoms with Crippen molar-refractivity contribution in [2.45, 2.75) is 70.1 Å². The molecule has 178 valence electrons. The molecule has 0 amide bonds. The van der Waals surface area contributed by atoms with E-state index in [1.54, 1.807) is 6.07 Å². The summed E-state index contributed by atoms with van der Waals surface area (Å²) in [7, 11) is 0. The average molecular weight is 476 g/mol. The molecule has 4 nitrogen and oxygen atoms in total. The van der Waals surface area contributed by atoms with Gasteiger partial charge in [0.2, 0.25) is 0 Å². The zero-order valence-corrected chi connectivity index (χ0v) is 21.1. The van der Waals surface area contributed by atoms with Crippen LogP contribution < -0.4 is 5.56 Å². The van der Waals surface area contributed by atoms with Gasteiger partial charge in [0.25, 0.3) is 5.56 Å². The highest BCUT2D eigenvalue weighted by molar-refractivity contribution is 6.35. The molecule has 1 saturated carbocycles. The van der Waals surface area contributed by atoms with Crippen LogP contribution in [0.1, 0.15) is 81.7 Å². The van der Waals surface area contributed by atoms with Gasteiger partial charge in [-0.15, -0.1) is 0 Å². The summed E-state index contributed by atoms with van der Waals surface area (Å²) in [6.07, 6.45) is 9.57. The van der Waals surface area contributed by atoms with Crippen molar-refractivity contribution >= 4 is 22.5 Å². The first-order valence-electron chi connectivity index (χ1n) is 13.0. The Bertz CT molecular complexity index is 1300. The van der Waals surface area contributed by atoms with Crippen molar-refractivity contribution in [3.63, 3.8) is 0 Å². The minimum atomic E-state index is -0.326. The lowest BCUT2D eigenvalue weighted by atomic mass is 9.82. The zero-order chi connectivity index (χ0) is 23.4. The number of hydrogen-bond donors (Lipinski definition) is 0. The topological polar surface area (TPSA) is 38.1 Å². The van der Waals surface area contributed by atoms with Crippen LogP contribution in [0.25, 0.3) is 16.6 Å². The van der Waals surface area contributed by atoms with E-state index < -0.39 is 0 Å². The van der Waals surface area contributed by atoms with E-state index in [1.165, 1.54) is 75.7 Å². The molecule has 1 saturated heterocycles. The number of piperidine rings is 1. The largest absolute Gasteiger partial charge is 0.303 e. The summed E-state index contributed by atoms with van der Waals surface area (Å²) in [5.41, 5.74) is 4.08. The number of nitrogens with zero attached hydrogens (tertiary/aromatic N) is 3. The highest BCUT2D eigenvalue weighted by Gasteiger charge is 2.39. The Hall–Kier alpha value is -2.17. The quantitative estimate of drug-likeness (QED) is 0.437. The summed E-state index contributed by atoms with van der Waals surface area (Å²) in [4.78, 5) is 20.1. The van der Waals surface area contributed by atoms with Gasteiger partial charge >= 0.3 is 0 Å². The van der Waals surface area contributed by atoms with Gasteiger partial charge in [-0.1, -0.05) is 49.1 Å². The minimum absolute atomic E-state index is 0.238. The maximum Gasteiger partial charge on any atom is 0.282 e. The first-order valence-corrected chi connectivity index (χ1v) is 13.4. The molecule has 3 heterocycles. The van der Waals surface area contributed by atoms with E-state index in [2.05, 4.69) is 46.5 Å². The van der Waals surface area contributed by atoms with Crippen molar-refractivity contribution < 1.29 is 0 Å².